The first-order valence-electron chi connectivity index (χ1n) is 10.3. The van der Waals surface area contributed by atoms with Crippen LogP contribution in [0.3, 0.4) is 0 Å². The van der Waals surface area contributed by atoms with Gasteiger partial charge in [0.05, 0.1) is 12.8 Å². The van der Waals surface area contributed by atoms with Gasteiger partial charge in [0, 0.05) is 45.0 Å². The molecule has 0 atom stereocenters. The zero-order valence-electron chi connectivity index (χ0n) is 18.6. The maximum Gasteiger partial charge on any atom is 0.250 e. The third-order valence-corrected chi connectivity index (χ3v) is 5.06. The molecule has 7 nitrogen and oxygen atoms in total. The van der Waals surface area contributed by atoms with Crippen molar-refractivity contribution in [2.45, 2.75) is 39.8 Å². The second-order valence-corrected chi connectivity index (χ2v) is 7.51. The molecule has 0 saturated heterocycles. The summed E-state index contributed by atoms with van der Waals surface area (Å²) in [5.41, 5.74) is 2.60. The van der Waals surface area contributed by atoms with Gasteiger partial charge < -0.3 is 24.3 Å². The number of rotatable bonds is 11. The summed E-state index contributed by atoms with van der Waals surface area (Å²) in [6.07, 6.45) is 3.20. The number of furan rings is 1. The van der Waals surface area contributed by atoms with Crippen LogP contribution in [-0.4, -0.2) is 44.5 Å². The molecule has 2 aromatic rings. The molecule has 0 unspecified atom stereocenters. The Hall–Kier alpha value is -2.80. The number of nitrogens with one attached hydrogen (secondary N) is 1. The fourth-order valence-electron chi connectivity index (χ4n) is 3.46. The molecule has 1 N–H and O–H groups in total. The van der Waals surface area contributed by atoms with Crippen molar-refractivity contribution in [3.63, 3.8) is 0 Å². The quantitative estimate of drug-likeness (QED) is 0.603. The molecule has 0 aliphatic heterocycles. The van der Waals surface area contributed by atoms with Crippen molar-refractivity contribution in [3.05, 3.63) is 47.9 Å². The van der Waals surface area contributed by atoms with Crippen molar-refractivity contribution in [2.75, 3.05) is 38.0 Å². The van der Waals surface area contributed by atoms with Crippen LogP contribution in [0, 0.1) is 5.92 Å². The number of carbonyl (C=O) groups excluding carboxylic acids is 2. The number of amides is 2. The lowest BCUT2D eigenvalue weighted by Crippen LogP contribution is -2.35. The van der Waals surface area contributed by atoms with Gasteiger partial charge in [0.2, 0.25) is 11.8 Å². The van der Waals surface area contributed by atoms with Gasteiger partial charge in [0.1, 0.15) is 12.4 Å². The third-order valence-electron chi connectivity index (χ3n) is 5.06. The van der Waals surface area contributed by atoms with E-state index in [1.807, 2.05) is 68.1 Å². The smallest absolute Gasteiger partial charge is 0.250 e. The van der Waals surface area contributed by atoms with E-state index < -0.39 is 0 Å². The van der Waals surface area contributed by atoms with E-state index in [2.05, 4.69) is 5.32 Å². The second kappa shape index (κ2) is 11.4. The van der Waals surface area contributed by atoms with Gasteiger partial charge in [-0.05, 0) is 48.7 Å². The van der Waals surface area contributed by atoms with Crippen LogP contribution in [-0.2, 0) is 27.4 Å². The monoisotopic (exact) mass is 415 g/mol. The predicted molar refractivity (Wildman–Crippen MR) is 118 cm³/mol. The number of anilines is 2. The lowest BCUT2D eigenvalue weighted by atomic mass is 10.0. The maximum absolute atomic E-state index is 13.2. The number of hydrogen-bond donors (Lipinski definition) is 1. The van der Waals surface area contributed by atoms with Crippen LogP contribution < -0.4 is 10.2 Å². The number of carbonyl (C=O) groups is 2. The van der Waals surface area contributed by atoms with Crippen LogP contribution in [0.2, 0.25) is 0 Å². The number of methoxy groups -OCH3 is 1. The Labute approximate surface area is 179 Å². The largest absolute Gasteiger partial charge is 0.467 e. The molecule has 30 heavy (non-hydrogen) atoms. The fraction of sp³-hybridized carbons (Fsp3) is 0.478. The molecule has 164 valence electrons. The van der Waals surface area contributed by atoms with Gasteiger partial charge >= 0.3 is 0 Å². The van der Waals surface area contributed by atoms with Crippen LogP contribution >= 0.6 is 0 Å². The first-order valence-corrected chi connectivity index (χ1v) is 10.3. The third kappa shape index (κ3) is 6.35. The molecule has 0 aliphatic rings. The summed E-state index contributed by atoms with van der Waals surface area (Å²) in [4.78, 5) is 29.0. The summed E-state index contributed by atoms with van der Waals surface area (Å²) in [6.45, 7) is 4.87. The zero-order valence-corrected chi connectivity index (χ0v) is 18.6. The van der Waals surface area contributed by atoms with Crippen LogP contribution in [0.5, 0.6) is 0 Å². The Morgan fingerprint density at radius 1 is 1.13 bits per heavy atom. The first-order chi connectivity index (χ1) is 14.4. The Morgan fingerprint density at radius 2 is 1.87 bits per heavy atom. The molecule has 2 amide bonds. The fourth-order valence-corrected chi connectivity index (χ4v) is 3.46. The van der Waals surface area contributed by atoms with Crippen LogP contribution in [0.25, 0.3) is 0 Å². The molecule has 7 heteroatoms. The van der Waals surface area contributed by atoms with Crippen molar-refractivity contribution in [3.8, 4) is 0 Å². The summed E-state index contributed by atoms with van der Waals surface area (Å²) in [6, 6.07) is 9.42. The molecule has 1 heterocycles. The molecule has 0 fully saturated rings. The summed E-state index contributed by atoms with van der Waals surface area (Å²) < 4.78 is 10.4. The van der Waals surface area contributed by atoms with Crippen LogP contribution in [0.1, 0.15) is 38.0 Å². The molecule has 2 rings (SSSR count). The van der Waals surface area contributed by atoms with Gasteiger partial charge in [0.15, 0.2) is 0 Å². The number of nitrogens with zero attached hydrogens (tertiary/aromatic N) is 2. The van der Waals surface area contributed by atoms with Crippen molar-refractivity contribution >= 4 is 23.2 Å². The van der Waals surface area contributed by atoms with Crippen LogP contribution in [0.15, 0.2) is 41.0 Å². The highest BCUT2D eigenvalue weighted by molar-refractivity contribution is 5.92. The molecule has 0 saturated carbocycles. The van der Waals surface area contributed by atoms with E-state index in [1.54, 1.807) is 6.26 Å². The molecular formula is C23H33N3O4. The molecular weight excluding hydrogens is 382 g/mol. The van der Waals surface area contributed by atoms with E-state index in [9.17, 15) is 9.59 Å². The summed E-state index contributed by atoms with van der Waals surface area (Å²) >= 11 is 0. The van der Waals surface area contributed by atoms with E-state index in [0.717, 1.165) is 29.9 Å². The van der Waals surface area contributed by atoms with Crippen molar-refractivity contribution < 1.29 is 18.7 Å². The standard InChI is InChI=1S/C23H33N3O4/c1-6-17(7-2)23(28)26(15-20-9-8-12-30-20)14-18-13-19(24-22(27)16-29-5)10-11-21(18)25(3)4/h8-13,17H,6-7,14-16H2,1-5H3,(H,24,27). The van der Waals surface area contributed by atoms with E-state index in [0.29, 0.717) is 18.8 Å². The van der Waals surface area contributed by atoms with E-state index in [-0.39, 0.29) is 24.3 Å². The van der Waals surface area contributed by atoms with Gasteiger partial charge in [-0.1, -0.05) is 13.8 Å². The van der Waals surface area contributed by atoms with E-state index in [4.69, 9.17) is 9.15 Å². The Morgan fingerprint density at radius 3 is 2.43 bits per heavy atom. The zero-order chi connectivity index (χ0) is 22.1. The van der Waals surface area contributed by atoms with E-state index in [1.165, 1.54) is 7.11 Å². The predicted octanol–water partition coefficient (Wildman–Crippen LogP) is 3.90. The number of hydrogen-bond acceptors (Lipinski definition) is 5. The van der Waals surface area contributed by atoms with Gasteiger partial charge in [-0.2, -0.15) is 0 Å². The summed E-state index contributed by atoms with van der Waals surface area (Å²) in [5, 5.41) is 2.84. The molecule has 0 spiro atoms. The average Bonchev–Trinajstić information content (AvgIpc) is 3.21. The van der Waals surface area contributed by atoms with E-state index >= 15 is 0 Å². The first kappa shape index (κ1) is 23.5. The van der Waals surface area contributed by atoms with Gasteiger partial charge in [-0.3, -0.25) is 9.59 Å². The minimum Gasteiger partial charge on any atom is -0.467 e. The van der Waals surface area contributed by atoms with Crippen LogP contribution in [0.4, 0.5) is 11.4 Å². The molecule has 0 radical (unpaired) electrons. The summed E-state index contributed by atoms with van der Waals surface area (Å²) in [7, 11) is 5.40. The second-order valence-electron chi connectivity index (χ2n) is 7.51. The lowest BCUT2D eigenvalue weighted by Gasteiger charge is -2.28. The molecule has 1 aromatic carbocycles. The number of ether oxygens (including phenoxy) is 1. The summed E-state index contributed by atoms with van der Waals surface area (Å²) in [5.74, 6) is 0.592. The van der Waals surface area contributed by atoms with Crippen molar-refractivity contribution in [1.29, 1.82) is 0 Å². The Kier molecular flexibility index (Phi) is 8.92. The minimum atomic E-state index is -0.221. The maximum atomic E-state index is 13.2. The van der Waals surface area contributed by atoms with Crippen molar-refractivity contribution in [2.24, 2.45) is 5.92 Å². The SMILES string of the molecule is CCC(CC)C(=O)N(Cc1ccco1)Cc1cc(NC(=O)COC)ccc1N(C)C. The highest BCUT2D eigenvalue weighted by Crippen LogP contribution is 2.26. The highest BCUT2D eigenvalue weighted by atomic mass is 16.5. The van der Waals surface area contributed by atoms with Gasteiger partial charge in [-0.15, -0.1) is 0 Å². The normalized spacial score (nSPS) is 10.9. The minimum absolute atomic E-state index is 0.0114. The average molecular weight is 416 g/mol. The van der Waals surface area contributed by atoms with Gasteiger partial charge in [0.25, 0.3) is 0 Å². The highest BCUT2D eigenvalue weighted by Gasteiger charge is 2.24. The topological polar surface area (TPSA) is 75.0 Å². The molecule has 1 aromatic heterocycles. The Balaban J connectivity index is 2.35. The number of benzene rings is 1. The van der Waals surface area contributed by atoms with Gasteiger partial charge in [-0.25, -0.2) is 0 Å². The Bertz CT molecular complexity index is 814. The molecule has 0 bridgehead atoms. The van der Waals surface area contributed by atoms with Crippen molar-refractivity contribution in [1.82, 2.24) is 4.90 Å². The molecule has 0 aliphatic carbocycles. The lowest BCUT2D eigenvalue weighted by molar-refractivity contribution is -0.137.